The summed E-state index contributed by atoms with van der Waals surface area (Å²) in [6.45, 7) is 0.791. The molecule has 1 aliphatic heterocycles. The molecule has 4 rings (SSSR count). The average Bonchev–Trinajstić information content (AvgIpc) is 2.52. The molecule has 0 bridgehead atoms. The second-order valence-corrected chi connectivity index (χ2v) is 7.19. The van der Waals surface area contributed by atoms with Crippen LogP contribution in [0.3, 0.4) is 0 Å². The van der Waals surface area contributed by atoms with Crippen LogP contribution in [0.4, 0.5) is 0 Å². The number of hydrogen-bond acceptors (Lipinski definition) is 2. The van der Waals surface area contributed by atoms with Crippen LogP contribution in [0.25, 0.3) is 0 Å². The zero-order valence-corrected chi connectivity index (χ0v) is 12.6. The normalized spacial score (nSPS) is 30.5. The van der Waals surface area contributed by atoms with Crippen molar-refractivity contribution in [3.05, 3.63) is 35.4 Å². The zero-order valence-electron chi connectivity index (χ0n) is 12.6. The van der Waals surface area contributed by atoms with Crippen molar-refractivity contribution in [3.63, 3.8) is 0 Å². The fourth-order valence-electron chi connectivity index (χ4n) is 4.46. The fraction of sp³-hybridized carbons (Fsp3) is 0.632. The maximum atomic E-state index is 12.9. The first-order chi connectivity index (χ1) is 10.3. The van der Waals surface area contributed by atoms with E-state index >= 15 is 0 Å². The first-order valence-corrected chi connectivity index (χ1v) is 8.50. The van der Waals surface area contributed by atoms with Gasteiger partial charge in [-0.25, -0.2) is 0 Å². The lowest BCUT2D eigenvalue weighted by atomic mass is 9.68. The summed E-state index contributed by atoms with van der Waals surface area (Å²) < 4.78 is 5.97. The standard InChI is InChI=1S/C19H24O2/c20-18(17-8-11-21-19(13-17)9-3-10-19)16-7-6-14-4-1-2-5-15(14)12-16/h1-2,4-5,16-17H,3,6-13H2. The lowest BCUT2D eigenvalue weighted by Crippen LogP contribution is -2.48. The zero-order chi connectivity index (χ0) is 14.3. The lowest BCUT2D eigenvalue weighted by molar-refractivity contribution is -0.158. The molecule has 1 saturated carbocycles. The van der Waals surface area contributed by atoms with Crippen molar-refractivity contribution >= 4 is 5.78 Å². The molecule has 2 heteroatoms. The Kier molecular flexibility index (Phi) is 3.37. The molecule has 2 nitrogen and oxygen atoms in total. The highest BCUT2D eigenvalue weighted by Gasteiger charge is 2.45. The number of aryl methyl sites for hydroxylation is 1. The van der Waals surface area contributed by atoms with E-state index in [1.165, 1.54) is 30.4 Å². The maximum absolute atomic E-state index is 12.9. The molecule has 0 aromatic heterocycles. The molecule has 21 heavy (non-hydrogen) atoms. The summed E-state index contributed by atoms with van der Waals surface area (Å²) in [5.74, 6) is 1.04. The van der Waals surface area contributed by atoms with Gasteiger partial charge in [0.15, 0.2) is 0 Å². The van der Waals surface area contributed by atoms with Crippen LogP contribution >= 0.6 is 0 Å². The van der Waals surface area contributed by atoms with Crippen LogP contribution in [0.15, 0.2) is 24.3 Å². The third-order valence-electron chi connectivity index (χ3n) is 5.91. The van der Waals surface area contributed by atoms with E-state index in [2.05, 4.69) is 24.3 Å². The second kappa shape index (κ2) is 5.24. The van der Waals surface area contributed by atoms with Gasteiger partial charge in [0.25, 0.3) is 0 Å². The molecule has 2 fully saturated rings. The summed E-state index contributed by atoms with van der Waals surface area (Å²) in [6, 6.07) is 8.63. The Hall–Kier alpha value is -1.15. The Bertz CT molecular complexity index is 544. The number of fused-ring (bicyclic) bond motifs is 1. The Morgan fingerprint density at radius 2 is 1.90 bits per heavy atom. The largest absolute Gasteiger partial charge is 0.375 e. The molecule has 1 aromatic rings. The van der Waals surface area contributed by atoms with Gasteiger partial charge in [0.2, 0.25) is 0 Å². The maximum Gasteiger partial charge on any atom is 0.139 e. The molecular formula is C19H24O2. The van der Waals surface area contributed by atoms with Gasteiger partial charge in [0.05, 0.1) is 5.60 Å². The number of hydrogen-bond donors (Lipinski definition) is 0. The fourth-order valence-corrected chi connectivity index (χ4v) is 4.46. The van der Waals surface area contributed by atoms with E-state index in [1.54, 1.807) is 0 Å². The van der Waals surface area contributed by atoms with Crippen molar-refractivity contribution < 1.29 is 9.53 Å². The second-order valence-electron chi connectivity index (χ2n) is 7.19. The highest BCUT2D eigenvalue weighted by Crippen LogP contribution is 2.45. The van der Waals surface area contributed by atoms with Crippen LogP contribution in [-0.2, 0) is 22.4 Å². The molecular weight excluding hydrogens is 260 g/mol. The molecule has 0 amide bonds. The molecule has 0 N–H and O–H groups in total. The first kappa shape index (κ1) is 13.5. The third-order valence-corrected chi connectivity index (χ3v) is 5.91. The summed E-state index contributed by atoms with van der Waals surface area (Å²) in [7, 11) is 0. The van der Waals surface area contributed by atoms with Crippen LogP contribution in [0.2, 0.25) is 0 Å². The number of carbonyl (C=O) groups is 1. The predicted octanol–water partition coefficient (Wildman–Crippen LogP) is 3.71. The molecule has 1 heterocycles. The minimum absolute atomic E-state index is 0.0884. The number of ketones is 1. The minimum Gasteiger partial charge on any atom is -0.375 e. The summed E-state index contributed by atoms with van der Waals surface area (Å²) in [4.78, 5) is 12.9. The van der Waals surface area contributed by atoms with Gasteiger partial charge in [-0.2, -0.15) is 0 Å². The van der Waals surface area contributed by atoms with E-state index in [9.17, 15) is 4.79 Å². The van der Waals surface area contributed by atoms with Crippen LogP contribution in [-0.4, -0.2) is 18.0 Å². The Balaban J connectivity index is 1.46. The van der Waals surface area contributed by atoms with Gasteiger partial charge < -0.3 is 4.74 Å². The van der Waals surface area contributed by atoms with Crippen molar-refractivity contribution in [1.29, 1.82) is 0 Å². The molecule has 2 aliphatic carbocycles. The van der Waals surface area contributed by atoms with Gasteiger partial charge in [0, 0.05) is 18.4 Å². The molecule has 3 aliphatic rings. The van der Waals surface area contributed by atoms with E-state index in [4.69, 9.17) is 4.74 Å². The van der Waals surface area contributed by atoms with Crippen molar-refractivity contribution in [3.8, 4) is 0 Å². The predicted molar refractivity (Wildman–Crippen MR) is 82.2 cm³/mol. The van der Waals surface area contributed by atoms with Crippen LogP contribution in [0, 0.1) is 11.8 Å². The Morgan fingerprint density at radius 1 is 1.10 bits per heavy atom. The van der Waals surface area contributed by atoms with Gasteiger partial charge in [-0.1, -0.05) is 24.3 Å². The van der Waals surface area contributed by atoms with Crippen molar-refractivity contribution in [1.82, 2.24) is 0 Å². The summed E-state index contributed by atoms with van der Waals surface area (Å²) in [5, 5.41) is 0. The molecule has 112 valence electrons. The van der Waals surface area contributed by atoms with E-state index in [0.717, 1.165) is 38.7 Å². The smallest absolute Gasteiger partial charge is 0.139 e. The molecule has 1 spiro atoms. The monoisotopic (exact) mass is 284 g/mol. The quantitative estimate of drug-likeness (QED) is 0.827. The summed E-state index contributed by atoms with van der Waals surface area (Å²) >= 11 is 0. The summed E-state index contributed by atoms with van der Waals surface area (Å²) in [5.41, 5.74) is 2.93. The highest BCUT2D eigenvalue weighted by molar-refractivity contribution is 5.84. The molecule has 1 saturated heterocycles. The van der Waals surface area contributed by atoms with Gasteiger partial charge in [-0.05, 0) is 62.5 Å². The molecule has 2 atom stereocenters. The molecule has 0 radical (unpaired) electrons. The topological polar surface area (TPSA) is 26.3 Å². The SMILES string of the molecule is O=C(C1CCc2ccccc2C1)C1CCOC2(CCC2)C1. The number of Topliss-reactive ketones (excluding diaryl/α,β-unsaturated/α-hetero) is 1. The van der Waals surface area contributed by atoms with E-state index < -0.39 is 0 Å². The van der Waals surface area contributed by atoms with Crippen LogP contribution in [0.1, 0.15) is 49.7 Å². The van der Waals surface area contributed by atoms with Crippen LogP contribution < -0.4 is 0 Å². The summed E-state index contributed by atoms with van der Waals surface area (Å²) in [6.07, 6.45) is 8.62. The average molecular weight is 284 g/mol. The lowest BCUT2D eigenvalue weighted by Gasteiger charge is -2.47. The molecule has 2 unspecified atom stereocenters. The number of benzene rings is 1. The van der Waals surface area contributed by atoms with E-state index in [-0.39, 0.29) is 17.4 Å². The first-order valence-electron chi connectivity index (χ1n) is 8.50. The highest BCUT2D eigenvalue weighted by atomic mass is 16.5. The van der Waals surface area contributed by atoms with Gasteiger partial charge in [0.1, 0.15) is 5.78 Å². The minimum atomic E-state index is 0.0884. The Morgan fingerprint density at radius 3 is 2.67 bits per heavy atom. The van der Waals surface area contributed by atoms with Crippen molar-refractivity contribution in [2.45, 2.75) is 57.0 Å². The van der Waals surface area contributed by atoms with Gasteiger partial charge in [-0.15, -0.1) is 0 Å². The molecule has 1 aromatic carbocycles. The van der Waals surface area contributed by atoms with E-state index in [0.29, 0.717) is 5.78 Å². The number of ether oxygens (including phenoxy) is 1. The van der Waals surface area contributed by atoms with Crippen molar-refractivity contribution in [2.24, 2.45) is 11.8 Å². The third kappa shape index (κ3) is 2.44. The van der Waals surface area contributed by atoms with Gasteiger partial charge in [-0.3, -0.25) is 4.79 Å². The number of rotatable bonds is 2. The van der Waals surface area contributed by atoms with Crippen LogP contribution in [0.5, 0.6) is 0 Å². The van der Waals surface area contributed by atoms with Crippen molar-refractivity contribution in [2.75, 3.05) is 6.61 Å². The van der Waals surface area contributed by atoms with Gasteiger partial charge >= 0.3 is 0 Å². The van der Waals surface area contributed by atoms with E-state index in [1.807, 2.05) is 0 Å². The number of carbonyl (C=O) groups excluding carboxylic acids is 1. The Labute approximate surface area is 126 Å².